The average Bonchev–Trinajstić information content (AvgIpc) is 2.41. The third kappa shape index (κ3) is 4.66. The first-order chi connectivity index (χ1) is 9.63. The maximum Gasteiger partial charge on any atom is 0.224 e. The molecule has 1 aromatic rings. The fourth-order valence-electron chi connectivity index (χ4n) is 2.35. The van der Waals surface area contributed by atoms with Crippen molar-refractivity contribution in [2.75, 3.05) is 18.4 Å². The summed E-state index contributed by atoms with van der Waals surface area (Å²) in [6.45, 7) is 3.36. The molecular weight excluding hydrogens is 254 g/mol. The molecule has 0 aliphatic carbocycles. The van der Waals surface area contributed by atoms with Crippen LogP contribution in [0, 0.1) is 0 Å². The molecule has 2 amide bonds. The van der Waals surface area contributed by atoms with Gasteiger partial charge in [0.25, 0.3) is 0 Å². The van der Waals surface area contributed by atoms with Gasteiger partial charge in [-0.2, -0.15) is 0 Å². The average molecular weight is 275 g/mol. The normalized spacial score (nSPS) is 18.4. The van der Waals surface area contributed by atoms with Crippen molar-refractivity contribution in [3.63, 3.8) is 0 Å². The van der Waals surface area contributed by atoms with E-state index in [9.17, 15) is 9.59 Å². The highest BCUT2D eigenvalue weighted by Gasteiger charge is 2.15. The van der Waals surface area contributed by atoms with Gasteiger partial charge in [0, 0.05) is 25.2 Å². The van der Waals surface area contributed by atoms with Crippen LogP contribution in [0.15, 0.2) is 24.3 Å². The molecule has 1 saturated heterocycles. The Balaban J connectivity index is 1.82. The molecule has 2 rings (SSSR count). The molecule has 1 aromatic carbocycles. The fourth-order valence-corrected chi connectivity index (χ4v) is 2.35. The summed E-state index contributed by atoms with van der Waals surface area (Å²) < 4.78 is 0. The first kappa shape index (κ1) is 14.5. The summed E-state index contributed by atoms with van der Waals surface area (Å²) in [4.78, 5) is 22.9. The van der Waals surface area contributed by atoms with Crippen molar-refractivity contribution >= 4 is 17.5 Å². The zero-order valence-electron chi connectivity index (χ0n) is 11.7. The molecule has 0 saturated carbocycles. The van der Waals surface area contributed by atoms with E-state index in [1.165, 1.54) is 6.92 Å². The second-order valence-corrected chi connectivity index (χ2v) is 5.17. The van der Waals surface area contributed by atoms with Crippen molar-refractivity contribution in [3.8, 4) is 0 Å². The Morgan fingerprint density at radius 1 is 1.30 bits per heavy atom. The van der Waals surface area contributed by atoms with Crippen LogP contribution in [0.25, 0.3) is 0 Å². The van der Waals surface area contributed by atoms with E-state index in [4.69, 9.17) is 0 Å². The summed E-state index contributed by atoms with van der Waals surface area (Å²) in [6, 6.07) is 7.60. The van der Waals surface area contributed by atoms with Crippen molar-refractivity contribution in [2.24, 2.45) is 0 Å². The largest absolute Gasteiger partial charge is 0.352 e. The van der Waals surface area contributed by atoms with E-state index >= 15 is 0 Å². The maximum absolute atomic E-state index is 11.9. The summed E-state index contributed by atoms with van der Waals surface area (Å²) in [5.41, 5.74) is 1.69. The van der Waals surface area contributed by atoms with E-state index < -0.39 is 0 Å². The standard InChI is InChI=1S/C15H21N3O2/c1-11(19)17-13-6-4-12(5-7-13)9-15(20)18-14-3-2-8-16-10-14/h4-7,14,16H,2-3,8-10H2,1H3,(H,17,19)(H,18,20)/t14-/m0/s1. The van der Waals surface area contributed by atoms with Crippen molar-refractivity contribution in [3.05, 3.63) is 29.8 Å². The monoisotopic (exact) mass is 275 g/mol. The van der Waals surface area contributed by atoms with Gasteiger partial charge < -0.3 is 16.0 Å². The molecule has 0 bridgehead atoms. The lowest BCUT2D eigenvalue weighted by molar-refractivity contribution is -0.121. The molecular formula is C15H21N3O2. The van der Waals surface area contributed by atoms with Gasteiger partial charge in [-0.05, 0) is 37.1 Å². The van der Waals surface area contributed by atoms with Gasteiger partial charge in [-0.3, -0.25) is 9.59 Å². The Bertz CT molecular complexity index is 465. The lowest BCUT2D eigenvalue weighted by atomic mass is 10.1. The predicted octanol–water partition coefficient (Wildman–Crippen LogP) is 1.06. The predicted molar refractivity (Wildman–Crippen MR) is 78.5 cm³/mol. The number of piperidine rings is 1. The molecule has 0 aromatic heterocycles. The second-order valence-electron chi connectivity index (χ2n) is 5.17. The Labute approximate surface area is 119 Å². The number of hydrogen-bond donors (Lipinski definition) is 3. The number of amides is 2. The molecule has 5 heteroatoms. The van der Waals surface area contributed by atoms with Crippen LogP contribution in [0.5, 0.6) is 0 Å². The van der Waals surface area contributed by atoms with Crippen molar-refractivity contribution in [1.82, 2.24) is 10.6 Å². The van der Waals surface area contributed by atoms with Crippen LogP contribution in [0.2, 0.25) is 0 Å². The molecule has 0 radical (unpaired) electrons. The van der Waals surface area contributed by atoms with Gasteiger partial charge in [0.2, 0.25) is 11.8 Å². The molecule has 0 unspecified atom stereocenters. The molecule has 1 atom stereocenters. The Hall–Kier alpha value is -1.88. The minimum Gasteiger partial charge on any atom is -0.352 e. The highest BCUT2D eigenvalue weighted by molar-refractivity contribution is 5.88. The number of hydrogen-bond acceptors (Lipinski definition) is 3. The van der Waals surface area contributed by atoms with Gasteiger partial charge in [0.15, 0.2) is 0 Å². The van der Waals surface area contributed by atoms with E-state index in [-0.39, 0.29) is 17.9 Å². The summed E-state index contributed by atoms with van der Waals surface area (Å²) >= 11 is 0. The molecule has 1 aliphatic heterocycles. The van der Waals surface area contributed by atoms with Gasteiger partial charge in [0.1, 0.15) is 0 Å². The quantitative estimate of drug-likeness (QED) is 0.769. The third-order valence-electron chi connectivity index (χ3n) is 3.30. The van der Waals surface area contributed by atoms with Crippen molar-refractivity contribution in [1.29, 1.82) is 0 Å². The van der Waals surface area contributed by atoms with E-state index in [2.05, 4.69) is 16.0 Å². The molecule has 20 heavy (non-hydrogen) atoms. The lowest BCUT2D eigenvalue weighted by Crippen LogP contribution is -2.46. The Kier molecular flexibility index (Phi) is 5.12. The second kappa shape index (κ2) is 7.05. The number of benzene rings is 1. The molecule has 108 valence electrons. The van der Waals surface area contributed by atoms with Crippen molar-refractivity contribution < 1.29 is 9.59 Å². The van der Waals surface area contributed by atoms with Gasteiger partial charge in [-0.25, -0.2) is 0 Å². The smallest absolute Gasteiger partial charge is 0.224 e. The molecule has 1 aliphatic rings. The number of anilines is 1. The Morgan fingerprint density at radius 2 is 2.05 bits per heavy atom. The van der Waals surface area contributed by atoms with Crippen molar-refractivity contribution in [2.45, 2.75) is 32.2 Å². The topological polar surface area (TPSA) is 70.2 Å². The van der Waals surface area contributed by atoms with E-state index in [1.54, 1.807) is 0 Å². The summed E-state index contributed by atoms with van der Waals surface area (Å²) in [7, 11) is 0. The molecule has 5 nitrogen and oxygen atoms in total. The number of carbonyl (C=O) groups is 2. The highest BCUT2D eigenvalue weighted by Crippen LogP contribution is 2.10. The summed E-state index contributed by atoms with van der Waals surface area (Å²) in [5, 5.41) is 9.02. The van der Waals surface area contributed by atoms with Gasteiger partial charge >= 0.3 is 0 Å². The van der Waals surface area contributed by atoms with Crippen LogP contribution in [-0.2, 0) is 16.0 Å². The highest BCUT2D eigenvalue weighted by atomic mass is 16.2. The number of carbonyl (C=O) groups excluding carboxylic acids is 2. The molecule has 3 N–H and O–H groups in total. The maximum atomic E-state index is 11.9. The number of nitrogens with one attached hydrogen (secondary N) is 3. The molecule has 1 fully saturated rings. The minimum absolute atomic E-state index is 0.0472. The zero-order chi connectivity index (χ0) is 14.4. The van der Waals surface area contributed by atoms with Crippen LogP contribution < -0.4 is 16.0 Å². The molecule has 0 spiro atoms. The van der Waals surface area contributed by atoms with Crippen LogP contribution in [0.4, 0.5) is 5.69 Å². The fraction of sp³-hybridized carbons (Fsp3) is 0.467. The van der Waals surface area contributed by atoms with Crippen LogP contribution in [-0.4, -0.2) is 30.9 Å². The summed E-state index contributed by atoms with van der Waals surface area (Å²) in [6.07, 6.45) is 2.52. The molecule has 1 heterocycles. The van der Waals surface area contributed by atoms with Crippen LogP contribution in [0.3, 0.4) is 0 Å². The zero-order valence-corrected chi connectivity index (χ0v) is 11.7. The van der Waals surface area contributed by atoms with Gasteiger partial charge in [0.05, 0.1) is 6.42 Å². The first-order valence-corrected chi connectivity index (χ1v) is 7.00. The number of rotatable bonds is 4. The SMILES string of the molecule is CC(=O)Nc1ccc(CC(=O)N[C@H]2CCCNC2)cc1. The van der Waals surface area contributed by atoms with Crippen LogP contribution >= 0.6 is 0 Å². The lowest BCUT2D eigenvalue weighted by Gasteiger charge is -2.23. The van der Waals surface area contributed by atoms with Gasteiger partial charge in [-0.1, -0.05) is 12.1 Å². The summed E-state index contributed by atoms with van der Waals surface area (Å²) in [5.74, 6) is -0.0498. The minimum atomic E-state index is -0.0970. The van der Waals surface area contributed by atoms with Gasteiger partial charge in [-0.15, -0.1) is 0 Å². The third-order valence-corrected chi connectivity index (χ3v) is 3.30. The van der Waals surface area contributed by atoms with E-state index in [1.807, 2.05) is 24.3 Å². The van der Waals surface area contributed by atoms with Crippen LogP contribution in [0.1, 0.15) is 25.3 Å². The Morgan fingerprint density at radius 3 is 2.65 bits per heavy atom. The first-order valence-electron chi connectivity index (χ1n) is 7.00. The van der Waals surface area contributed by atoms with E-state index in [0.717, 1.165) is 37.2 Å². The van der Waals surface area contributed by atoms with E-state index in [0.29, 0.717) is 6.42 Å².